The molecule has 5 N–H and O–H groups in total. The van der Waals surface area contributed by atoms with Crippen molar-refractivity contribution in [3.8, 4) is 11.5 Å². The quantitative estimate of drug-likeness (QED) is 0.169. The number of amidine groups is 3. The topological polar surface area (TPSA) is 120 Å². The number of unbranched alkanes of at least 4 members (excludes halogenated alkanes) is 2. The van der Waals surface area contributed by atoms with Crippen molar-refractivity contribution < 1.29 is 9.47 Å². The van der Waals surface area contributed by atoms with E-state index in [1.165, 1.54) is 0 Å². The molecule has 0 fully saturated rings. The number of ether oxygens (including phenoxy) is 2. The molecule has 0 saturated heterocycles. The van der Waals surface area contributed by atoms with Crippen LogP contribution in [0.1, 0.15) is 64.5 Å². The maximum absolute atomic E-state index is 6.17. The number of nitrogens with one attached hydrogen (secondary N) is 1. The fraction of sp³-hybridized carbons (Fsp3) is 0.424. The molecule has 218 valence electrons. The van der Waals surface area contributed by atoms with Crippen molar-refractivity contribution in [2.45, 2.75) is 77.5 Å². The molecule has 0 saturated carbocycles. The van der Waals surface area contributed by atoms with Crippen molar-refractivity contribution in [1.29, 1.82) is 0 Å². The standard InChI is InChI=1S/C33H44N6O2/c1-5-23(4)37-31(34)24-12-15-27(16-13-24)40-18-7-6-8-19-41-28-11-9-10-26(20-28)33-38-29-17-14-25(21-30(29)39-33)32(35)36-22(2)3/h9-17,20-23,29-30H,5-8,18-19H2,1-4H3,(H2,34,37)(H2,35,36)(H,38,39). The number of hydrogen-bond donors (Lipinski definition) is 3. The van der Waals surface area contributed by atoms with Gasteiger partial charge in [-0.05, 0) is 88.9 Å². The molecule has 2 aromatic carbocycles. The highest BCUT2D eigenvalue weighted by molar-refractivity contribution is 6.03. The van der Waals surface area contributed by atoms with Gasteiger partial charge in [-0.3, -0.25) is 15.0 Å². The van der Waals surface area contributed by atoms with Crippen molar-refractivity contribution >= 4 is 17.5 Å². The Bertz CT molecular complexity index is 1310. The first-order valence-corrected chi connectivity index (χ1v) is 14.7. The van der Waals surface area contributed by atoms with Crippen LogP contribution < -0.4 is 26.3 Å². The van der Waals surface area contributed by atoms with E-state index in [1.54, 1.807) is 0 Å². The van der Waals surface area contributed by atoms with Gasteiger partial charge in [0.2, 0.25) is 0 Å². The van der Waals surface area contributed by atoms with Crippen molar-refractivity contribution in [2.24, 2.45) is 26.4 Å². The van der Waals surface area contributed by atoms with E-state index < -0.39 is 0 Å². The smallest absolute Gasteiger partial charge is 0.129 e. The first-order valence-electron chi connectivity index (χ1n) is 14.7. The fourth-order valence-corrected chi connectivity index (χ4v) is 4.56. The lowest BCUT2D eigenvalue weighted by molar-refractivity contribution is 0.279. The van der Waals surface area contributed by atoms with Gasteiger partial charge < -0.3 is 26.3 Å². The van der Waals surface area contributed by atoms with Crippen LogP contribution in [0.15, 0.2) is 87.3 Å². The van der Waals surface area contributed by atoms with Crippen LogP contribution in [0.2, 0.25) is 0 Å². The lowest BCUT2D eigenvalue weighted by Crippen LogP contribution is -2.35. The summed E-state index contributed by atoms with van der Waals surface area (Å²) >= 11 is 0. The van der Waals surface area contributed by atoms with Crippen molar-refractivity contribution in [2.75, 3.05) is 13.2 Å². The molecule has 3 atom stereocenters. The van der Waals surface area contributed by atoms with Gasteiger partial charge in [0.25, 0.3) is 0 Å². The number of nitrogens with two attached hydrogens (primary N) is 2. The molecule has 0 amide bonds. The van der Waals surface area contributed by atoms with E-state index in [0.717, 1.165) is 59.7 Å². The SMILES string of the molecule is CCC(C)N=C(N)c1ccc(OCCCCCOc2cccc(C3=NC4C=CC(C(N)=NC(C)C)=CC4N3)c2)cc1. The Hall–Kier alpha value is -4.07. The van der Waals surface area contributed by atoms with Crippen LogP contribution in [0.4, 0.5) is 0 Å². The number of hydrogen-bond acceptors (Lipinski definition) is 6. The van der Waals surface area contributed by atoms with Crippen LogP contribution in [-0.4, -0.2) is 54.9 Å². The Balaban J connectivity index is 1.17. The normalized spacial score (nSPS) is 19.3. The van der Waals surface area contributed by atoms with E-state index in [9.17, 15) is 0 Å². The average Bonchev–Trinajstić information content (AvgIpc) is 3.40. The first kappa shape index (κ1) is 29.9. The van der Waals surface area contributed by atoms with Crippen LogP contribution in [0.3, 0.4) is 0 Å². The number of nitrogens with zero attached hydrogens (tertiary/aromatic N) is 3. The molecule has 1 aliphatic carbocycles. The van der Waals surface area contributed by atoms with Gasteiger partial charge >= 0.3 is 0 Å². The minimum Gasteiger partial charge on any atom is -0.494 e. The van der Waals surface area contributed by atoms with Crippen molar-refractivity contribution in [3.63, 3.8) is 0 Å². The molecule has 0 bridgehead atoms. The highest BCUT2D eigenvalue weighted by atomic mass is 16.5. The van der Waals surface area contributed by atoms with E-state index >= 15 is 0 Å². The van der Waals surface area contributed by atoms with E-state index in [-0.39, 0.29) is 24.2 Å². The molecule has 41 heavy (non-hydrogen) atoms. The van der Waals surface area contributed by atoms with Crippen LogP contribution in [0.5, 0.6) is 11.5 Å². The van der Waals surface area contributed by atoms with Gasteiger partial charge in [-0.15, -0.1) is 0 Å². The summed E-state index contributed by atoms with van der Waals surface area (Å²) in [6, 6.07) is 16.4. The molecule has 8 nitrogen and oxygen atoms in total. The minimum absolute atomic E-state index is 0.0481. The summed E-state index contributed by atoms with van der Waals surface area (Å²) in [6.45, 7) is 9.52. The molecule has 1 aliphatic heterocycles. The summed E-state index contributed by atoms with van der Waals surface area (Å²) in [6.07, 6.45) is 10.1. The number of fused-ring (bicyclic) bond motifs is 1. The predicted octanol–water partition coefficient (Wildman–Crippen LogP) is 5.17. The summed E-state index contributed by atoms with van der Waals surface area (Å²) in [7, 11) is 0. The third kappa shape index (κ3) is 8.71. The first-order chi connectivity index (χ1) is 19.8. The lowest BCUT2D eigenvalue weighted by Gasteiger charge is -2.18. The molecule has 0 radical (unpaired) electrons. The van der Waals surface area contributed by atoms with E-state index in [4.69, 9.17) is 25.9 Å². The molecule has 0 aromatic heterocycles. The third-order valence-electron chi connectivity index (χ3n) is 7.01. The zero-order chi connectivity index (χ0) is 29.2. The molecule has 1 heterocycles. The summed E-state index contributed by atoms with van der Waals surface area (Å²) in [5.74, 6) is 3.69. The zero-order valence-electron chi connectivity index (χ0n) is 24.7. The second-order valence-electron chi connectivity index (χ2n) is 10.8. The Kier molecular flexibility index (Phi) is 10.6. The number of rotatable bonds is 14. The van der Waals surface area contributed by atoms with Gasteiger partial charge in [0.15, 0.2) is 0 Å². The fourth-order valence-electron chi connectivity index (χ4n) is 4.56. The Labute approximate surface area is 244 Å². The zero-order valence-corrected chi connectivity index (χ0v) is 24.7. The van der Waals surface area contributed by atoms with Crippen LogP contribution >= 0.6 is 0 Å². The van der Waals surface area contributed by atoms with Crippen molar-refractivity contribution in [3.05, 3.63) is 83.5 Å². The molecular formula is C33H44N6O2. The molecule has 4 rings (SSSR count). The van der Waals surface area contributed by atoms with E-state index in [0.29, 0.717) is 24.9 Å². The van der Waals surface area contributed by atoms with Gasteiger partial charge in [-0.1, -0.05) is 31.2 Å². The Morgan fingerprint density at radius 1 is 0.927 bits per heavy atom. The highest BCUT2D eigenvalue weighted by Crippen LogP contribution is 2.23. The summed E-state index contributed by atoms with van der Waals surface area (Å²) in [5, 5.41) is 3.53. The highest BCUT2D eigenvalue weighted by Gasteiger charge is 2.28. The molecular weight excluding hydrogens is 512 g/mol. The predicted molar refractivity (Wildman–Crippen MR) is 169 cm³/mol. The van der Waals surface area contributed by atoms with Gasteiger partial charge in [0.1, 0.15) is 29.0 Å². The maximum atomic E-state index is 6.17. The summed E-state index contributed by atoms with van der Waals surface area (Å²) in [5.41, 5.74) is 15.1. The third-order valence-corrected chi connectivity index (χ3v) is 7.01. The lowest BCUT2D eigenvalue weighted by atomic mass is 9.98. The second kappa shape index (κ2) is 14.5. The van der Waals surface area contributed by atoms with Gasteiger partial charge in [-0.2, -0.15) is 0 Å². The monoisotopic (exact) mass is 556 g/mol. The molecule has 8 heteroatoms. The maximum Gasteiger partial charge on any atom is 0.129 e. The largest absolute Gasteiger partial charge is 0.494 e. The van der Waals surface area contributed by atoms with Crippen LogP contribution in [-0.2, 0) is 0 Å². The second-order valence-corrected chi connectivity index (χ2v) is 10.8. The van der Waals surface area contributed by atoms with E-state index in [1.807, 2.05) is 62.4 Å². The van der Waals surface area contributed by atoms with Crippen molar-refractivity contribution in [1.82, 2.24) is 5.32 Å². The van der Waals surface area contributed by atoms with E-state index in [2.05, 4.69) is 47.4 Å². The van der Waals surface area contributed by atoms with Gasteiger partial charge in [-0.25, -0.2) is 0 Å². The Morgan fingerprint density at radius 2 is 1.66 bits per heavy atom. The molecule has 2 aromatic rings. The molecule has 3 unspecified atom stereocenters. The van der Waals surface area contributed by atoms with Gasteiger partial charge in [0, 0.05) is 28.8 Å². The van der Waals surface area contributed by atoms with Crippen LogP contribution in [0, 0.1) is 0 Å². The molecule has 0 spiro atoms. The summed E-state index contributed by atoms with van der Waals surface area (Å²) in [4.78, 5) is 13.8. The molecule has 2 aliphatic rings. The number of benzene rings is 2. The van der Waals surface area contributed by atoms with Gasteiger partial charge in [0.05, 0.1) is 25.3 Å². The minimum atomic E-state index is 0.0481. The average molecular weight is 557 g/mol. The summed E-state index contributed by atoms with van der Waals surface area (Å²) < 4.78 is 11.9. The van der Waals surface area contributed by atoms with Crippen LogP contribution in [0.25, 0.3) is 0 Å². The number of aliphatic imine (C=N–C) groups is 3. The Morgan fingerprint density at radius 3 is 2.37 bits per heavy atom.